The summed E-state index contributed by atoms with van der Waals surface area (Å²) in [4.78, 5) is 0. The molecule has 98 valence electrons. The maximum Gasteiger partial charge on any atom is 0.0700 e. The number of hydrogen-bond acceptors (Lipinski definition) is 2. The lowest BCUT2D eigenvalue weighted by atomic mass is 10.5. The Kier molecular flexibility index (Phi) is 9.60. The van der Waals surface area contributed by atoms with Gasteiger partial charge in [0.1, 0.15) is 0 Å². The van der Waals surface area contributed by atoms with Gasteiger partial charge in [-0.05, 0) is 6.42 Å². The van der Waals surface area contributed by atoms with Gasteiger partial charge in [-0.15, -0.1) is 0 Å². The predicted octanol–water partition coefficient (Wildman–Crippen LogP) is 3.23. The second kappa shape index (κ2) is 9.39. The summed E-state index contributed by atoms with van der Waals surface area (Å²) in [6.07, 6.45) is 1.24. The van der Waals surface area contributed by atoms with Crippen LogP contribution in [0.15, 0.2) is 0 Å². The summed E-state index contributed by atoms with van der Waals surface area (Å²) in [6, 6.07) is 4.47. The summed E-state index contributed by atoms with van der Waals surface area (Å²) in [6.45, 7) is 12.4. The SMILES string of the molecule is COCCOCCC[Si](C)(C)CC[SiH](C)C. The van der Waals surface area contributed by atoms with Gasteiger partial charge >= 0.3 is 0 Å². The molecule has 0 aromatic carbocycles. The molecular formula is C12H30O2Si2. The summed E-state index contributed by atoms with van der Waals surface area (Å²) in [7, 11) is 0.466. The molecule has 0 heterocycles. The Labute approximate surface area is 104 Å². The first kappa shape index (κ1) is 16.4. The van der Waals surface area contributed by atoms with Gasteiger partial charge in [-0.2, -0.15) is 0 Å². The minimum Gasteiger partial charge on any atom is -0.382 e. The fourth-order valence-electron chi connectivity index (χ4n) is 1.70. The van der Waals surface area contributed by atoms with E-state index in [0.29, 0.717) is 0 Å². The van der Waals surface area contributed by atoms with Crippen molar-refractivity contribution in [1.82, 2.24) is 0 Å². The molecule has 0 aromatic heterocycles. The van der Waals surface area contributed by atoms with E-state index in [4.69, 9.17) is 9.47 Å². The second-order valence-corrected chi connectivity index (χ2v) is 14.5. The van der Waals surface area contributed by atoms with Crippen LogP contribution in [0.1, 0.15) is 6.42 Å². The van der Waals surface area contributed by atoms with Crippen molar-refractivity contribution < 1.29 is 9.47 Å². The van der Waals surface area contributed by atoms with E-state index < -0.39 is 8.07 Å². The first-order valence-electron chi connectivity index (χ1n) is 6.54. The molecule has 0 rings (SSSR count). The van der Waals surface area contributed by atoms with Gasteiger partial charge in [0.2, 0.25) is 0 Å². The Morgan fingerprint density at radius 3 is 2.25 bits per heavy atom. The van der Waals surface area contributed by atoms with Crippen molar-refractivity contribution in [3.05, 3.63) is 0 Å². The summed E-state index contributed by atoms with van der Waals surface area (Å²) < 4.78 is 10.4. The Balaban J connectivity index is 3.42. The van der Waals surface area contributed by atoms with Crippen LogP contribution >= 0.6 is 0 Å². The van der Waals surface area contributed by atoms with Crippen molar-refractivity contribution >= 4 is 16.9 Å². The van der Waals surface area contributed by atoms with Crippen LogP contribution in [-0.2, 0) is 9.47 Å². The van der Waals surface area contributed by atoms with Gasteiger partial charge < -0.3 is 9.47 Å². The topological polar surface area (TPSA) is 18.5 Å². The van der Waals surface area contributed by atoms with E-state index in [1.54, 1.807) is 7.11 Å². The quantitative estimate of drug-likeness (QED) is 0.444. The highest BCUT2D eigenvalue weighted by Gasteiger charge is 2.20. The molecule has 16 heavy (non-hydrogen) atoms. The van der Waals surface area contributed by atoms with Crippen LogP contribution in [0.2, 0.25) is 44.3 Å². The van der Waals surface area contributed by atoms with Crippen LogP contribution in [-0.4, -0.2) is 43.8 Å². The Morgan fingerprint density at radius 2 is 1.69 bits per heavy atom. The van der Waals surface area contributed by atoms with E-state index in [-0.39, 0.29) is 8.80 Å². The average molecular weight is 263 g/mol. The highest BCUT2D eigenvalue weighted by atomic mass is 28.3. The summed E-state index contributed by atoms with van der Waals surface area (Å²) in [5.41, 5.74) is 0. The van der Waals surface area contributed by atoms with Crippen molar-refractivity contribution in [2.24, 2.45) is 0 Å². The van der Waals surface area contributed by atoms with E-state index in [1.807, 2.05) is 0 Å². The highest BCUT2D eigenvalue weighted by Crippen LogP contribution is 2.20. The molecule has 0 atom stereocenters. The fourth-order valence-corrected chi connectivity index (χ4v) is 8.49. The van der Waals surface area contributed by atoms with E-state index >= 15 is 0 Å². The van der Waals surface area contributed by atoms with Gasteiger partial charge in [0.05, 0.1) is 13.2 Å². The Bertz CT molecular complexity index is 161. The molecule has 0 aliphatic heterocycles. The molecule has 0 amide bonds. The maximum atomic E-state index is 5.50. The van der Waals surface area contributed by atoms with Gasteiger partial charge in [-0.3, -0.25) is 0 Å². The third-order valence-electron chi connectivity index (χ3n) is 2.97. The predicted molar refractivity (Wildman–Crippen MR) is 78.1 cm³/mol. The van der Waals surface area contributed by atoms with Crippen molar-refractivity contribution in [3.63, 3.8) is 0 Å². The summed E-state index contributed by atoms with van der Waals surface area (Å²) in [5.74, 6) is 0. The molecule has 0 saturated heterocycles. The lowest BCUT2D eigenvalue weighted by Gasteiger charge is -2.23. The molecule has 0 N–H and O–H groups in total. The van der Waals surface area contributed by atoms with Crippen LogP contribution in [0.3, 0.4) is 0 Å². The van der Waals surface area contributed by atoms with E-state index in [9.17, 15) is 0 Å². The highest BCUT2D eigenvalue weighted by molar-refractivity contribution is 6.78. The maximum absolute atomic E-state index is 5.50. The largest absolute Gasteiger partial charge is 0.382 e. The van der Waals surface area contributed by atoms with Gasteiger partial charge in [0.25, 0.3) is 0 Å². The van der Waals surface area contributed by atoms with Gasteiger partial charge in [-0.25, -0.2) is 0 Å². The zero-order valence-corrected chi connectivity index (χ0v) is 14.0. The van der Waals surface area contributed by atoms with E-state index in [1.165, 1.54) is 24.6 Å². The van der Waals surface area contributed by atoms with Crippen molar-refractivity contribution in [2.45, 2.75) is 50.7 Å². The van der Waals surface area contributed by atoms with E-state index in [2.05, 4.69) is 26.2 Å². The smallest absolute Gasteiger partial charge is 0.0700 e. The number of hydrogen-bond donors (Lipinski definition) is 0. The molecule has 0 fully saturated rings. The molecule has 0 spiro atoms. The molecule has 0 bridgehead atoms. The van der Waals surface area contributed by atoms with Crippen LogP contribution in [0.25, 0.3) is 0 Å². The number of rotatable bonds is 10. The third kappa shape index (κ3) is 10.9. The van der Waals surface area contributed by atoms with Gasteiger partial charge in [0.15, 0.2) is 0 Å². The second-order valence-electron chi connectivity index (χ2n) is 5.81. The van der Waals surface area contributed by atoms with Crippen LogP contribution < -0.4 is 0 Å². The Morgan fingerprint density at radius 1 is 1.00 bits per heavy atom. The normalized spacial score (nSPS) is 12.4. The first-order valence-corrected chi connectivity index (χ1v) is 13.1. The lowest BCUT2D eigenvalue weighted by molar-refractivity contribution is 0.0709. The number of ether oxygens (including phenoxy) is 2. The van der Waals surface area contributed by atoms with Crippen LogP contribution in [0.5, 0.6) is 0 Å². The first-order chi connectivity index (χ1) is 7.48. The molecule has 0 saturated carbocycles. The molecule has 0 aliphatic carbocycles. The molecule has 4 heteroatoms. The van der Waals surface area contributed by atoms with E-state index in [0.717, 1.165) is 19.8 Å². The average Bonchev–Trinajstić information content (AvgIpc) is 2.21. The molecule has 0 radical (unpaired) electrons. The zero-order valence-electron chi connectivity index (χ0n) is 11.8. The van der Waals surface area contributed by atoms with Crippen LogP contribution in [0, 0.1) is 0 Å². The molecule has 0 aliphatic rings. The minimum atomic E-state index is -0.911. The standard InChI is InChI=1S/C12H30O2Si2/c1-13-8-9-14-7-6-11-16(4,5)12-10-15(2)3/h15H,6-12H2,1-5H3. The third-order valence-corrected chi connectivity index (χ3v) is 8.34. The fraction of sp³-hybridized carbons (Fsp3) is 1.00. The minimum absolute atomic E-state index is 0.340. The number of methoxy groups -OCH3 is 1. The molecule has 0 unspecified atom stereocenters. The zero-order chi connectivity index (χ0) is 12.4. The van der Waals surface area contributed by atoms with Gasteiger partial charge in [0, 0.05) is 30.6 Å². The Hall–Kier alpha value is 0.354. The summed E-state index contributed by atoms with van der Waals surface area (Å²) in [5, 5.41) is 0. The monoisotopic (exact) mass is 262 g/mol. The molecule has 2 nitrogen and oxygen atoms in total. The van der Waals surface area contributed by atoms with Crippen molar-refractivity contribution in [1.29, 1.82) is 0 Å². The van der Waals surface area contributed by atoms with Crippen LogP contribution in [0.4, 0.5) is 0 Å². The lowest BCUT2D eigenvalue weighted by Crippen LogP contribution is -2.26. The molecule has 0 aromatic rings. The van der Waals surface area contributed by atoms with Crippen molar-refractivity contribution in [2.75, 3.05) is 26.9 Å². The summed E-state index contributed by atoms with van der Waals surface area (Å²) >= 11 is 0. The van der Waals surface area contributed by atoms with Crippen molar-refractivity contribution in [3.8, 4) is 0 Å². The molecular weight excluding hydrogens is 232 g/mol. The van der Waals surface area contributed by atoms with Gasteiger partial charge in [-0.1, -0.05) is 44.3 Å².